The molecule has 3 heteroatoms. The van der Waals surface area contributed by atoms with Gasteiger partial charge >= 0.3 is 28.8 Å². The van der Waals surface area contributed by atoms with Crippen LogP contribution in [-0.2, 0) is 10.2 Å². The Balaban J connectivity index is 3.02. The Morgan fingerprint density at radius 3 is 2.00 bits per heavy atom. The average Bonchev–Trinajstić information content (AvgIpc) is 0.811. The molecule has 4 heavy (non-hydrogen) atoms. The molecule has 0 bridgehead atoms. The van der Waals surface area contributed by atoms with Gasteiger partial charge in [-0.2, -0.15) is 0 Å². The standard InChI is InChI=1S/CH4OPS/c1-4(2)3/h2H,1H3/q-1. The molecule has 0 aliphatic rings. The van der Waals surface area contributed by atoms with Crippen LogP contribution in [0.25, 0.3) is 0 Å². The molecule has 0 fully saturated rings. The zero-order valence-electron chi connectivity index (χ0n) is 2.30. The van der Waals surface area contributed by atoms with Crippen LogP contribution in [0, 0.1) is 0 Å². The SMILES string of the molecule is C[S-](O)#P. The first-order chi connectivity index (χ1) is 1.73. The first-order valence-corrected chi connectivity index (χ1v) is 3.42. The predicted molar refractivity (Wildman–Crippen MR) is 22.8 cm³/mol. The molecule has 0 unspecified atom stereocenters. The van der Waals surface area contributed by atoms with Crippen LogP contribution in [0.1, 0.15) is 0 Å². The molecule has 0 saturated carbocycles. The van der Waals surface area contributed by atoms with Crippen LogP contribution in [0.3, 0.4) is 0 Å². The van der Waals surface area contributed by atoms with E-state index in [0.717, 1.165) is 0 Å². The second-order valence-corrected chi connectivity index (χ2v) is 2.93. The fourth-order valence-electron chi connectivity index (χ4n) is 0. The van der Waals surface area contributed by atoms with Crippen LogP contribution in [0.4, 0.5) is 0 Å². The number of rotatable bonds is 0. The summed E-state index contributed by atoms with van der Waals surface area (Å²) in [6.07, 6.45) is 1.61. The Kier molecular flexibility index (Phi) is 2.38. The van der Waals surface area contributed by atoms with Crippen LogP contribution in [0.5, 0.6) is 0 Å². The summed E-state index contributed by atoms with van der Waals surface area (Å²) in [5.41, 5.74) is 0. The van der Waals surface area contributed by atoms with Crippen molar-refractivity contribution >= 4 is 18.0 Å². The van der Waals surface area contributed by atoms with Gasteiger partial charge < -0.3 is 0 Å². The summed E-state index contributed by atoms with van der Waals surface area (Å²) < 4.78 is 7.95. The topological polar surface area (TPSA) is 20.2 Å². The van der Waals surface area contributed by atoms with Crippen molar-refractivity contribution in [3.63, 3.8) is 0 Å². The van der Waals surface area contributed by atoms with Gasteiger partial charge in [-0.3, -0.25) is 0 Å². The van der Waals surface area contributed by atoms with Gasteiger partial charge in [0.05, 0.1) is 0 Å². The number of hydrogen-bond acceptors (Lipinski definition) is 2. The molecule has 0 radical (unpaired) electrons. The molecule has 0 rings (SSSR count). The molecular formula is CH4OPS-. The fourth-order valence-corrected chi connectivity index (χ4v) is 0. The molecule has 0 aromatic carbocycles. The molecule has 0 spiro atoms. The molecular weight excluding hydrogens is 91.1 g/mol. The first kappa shape index (κ1) is 4.74. The fraction of sp³-hybridized carbons (Fsp3) is 1.00. The normalized spacial score (nSPS) is 8.50. The van der Waals surface area contributed by atoms with Gasteiger partial charge in [-0.25, -0.2) is 0 Å². The monoisotopic (exact) mass is 95.0 g/mol. The minimum absolute atomic E-state index is 0.667. The van der Waals surface area contributed by atoms with Crippen molar-refractivity contribution in [2.24, 2.45) is 0 Å². The maximum absolute atomic E-state index is 7.95. The second kappa shape index (κ2) is 2.01. The maximum atomic E-state index is 7.95. The van der Waals surface area contributed by atoms with E-state index in [1.54, 1.807) is 6.26 Å². The molecule has 26 valence electrons. The van der Waals surface area contributed by atoms with Gasteiger partial charge in [0.25, 0.3) is 0 Å². The van der Waals surface area contributed by atoms with Gasteiger partial charge in [0, 0.05) is 0 Å². The molecule has 1 N–H and O–H groups in total. The molecule has 0 amide bonds. The molecule has 0 aromatic heterocycles. The van der Waals surface area contributed by atoms with Gasteiger partial charge in [0.15, 0.2) is 0 Å². The Hall–Kier alpha value is 0.740. The van der Waals surface area contributed by atoms with Gasteiger partial charge in [0.2, 0.25) is 0 Å². The van der Waals surface area contributed by atoms with Gasteiger partial charge in [-0.05, 0) is 0 Å². The Morgan fingerprint density at radius 1 is 2.00 bits per heavy atom. The van der Waals surface area contributed by atoms with E-state index in [9.17, 15) is 0 Å². The van der Waals surface area contributed by atoms with Crippen LogP contribution in [-0.4, -0.2) is 10.8 Å². The molecule has 0 aliphatic carbocycles. The first-order valence-electron chi connectivity index (χ1n) is 0.773. The van der Waals surface area contributed by atoms with Crippen molar-refractivity contribution < 1.29 is 4.55 Å². The van der Waals surface area contributed by atoms with Gasteiger partial charge in [-0.15, -0.1) is 0 Å². The average molecular weight is 95.1 g/mol. The zero-order valence-corrected chi connectivity index (χ0v) is 4.01. The van der Waals surface area contributed by atoms with E-state index in [2.05, 4.69) is 7.81 Å². The summed E-state index contributed by atoms with van der Waals surface area (Å²) in [5.74, 6) is 0. The van der Waals surface area contributed by atoms with Crippen molar-refractivity contribution in [3.05, 3.63) is 0 Å². The summed E-state index contributed by atoms with van der Waals surface area (Å²) in [5, 5.41) is 0. The third-order valence-corrected chi connectivity index (χ3v) is 0. The van der Waals surface area contributed by atoms with Crippen molar-refractivity contribution in [2.75, 3.05) is 6.26 Å². The van der Waals surface area contributed by atoms with E-state index >= 15 is 0 Å². The summed E-state index contributed by atoms with van der Waals surface area (Å²) in [6.45, 7) is 0. The Labute approximate surface area is 29.6 Å². The van der Waals surface area contributed by atoms with Gasteiger partial charge in [0.1, 0.15) is 0 Å². The van der Waals surface area contributed by atoms with Crippen LogP contribution in [0.2, 0.25) is 0 Å². The zero-order chi connectivity index (χ0) is 3.58. The van der Waals surface area contributed by atoms with E-state index in [-0.39, 0.29) is 0 Å². The van der Waals surface area contributed by atoms with Crippen molar-refractivity contribution in [1.82, 2.24) is 0 Å². The molecule has 0 aliphatic heterocycles. The van der Waals surface area contributed by atoms with E-state index in [4.69, 9.17) is 4.55 Å². The Bertz CT molecular complexity index is 54.2. The van der Waals surface area contributed by atoms with E-state index in [0.29, 0.717) is 0 Å². The second-order valence-electron chi connectivity index (χ2n) is 0.447. The summed E-state index contributed by atoms with van der Waals surface area (Å²) in [6, 6.07) is 0. The summed E-state index contributed by atoms with van der Waals surface area (Å²) in [7, 11) is 2.88. The van der Waals surface area contributed by atoms with Crippen molar-refractivity contribution in [3.8, 4) is 0 Å². The molecule has 0 heterocycles. The minimum atomic E-state index is -0.667. The Morgan fingerprint density at radius 2 is 2.00 bits per heavy atom. The van der Waals surface area contributed by atoms with Crippen molar-refractivity contribution in [2.45, 2.75) is 0 Å². The van der Waals surface area contributed by atoms with E-state index in [1.165, 1.54) is 0 Å². The quantitative estimate of drug-likeness (QED) is 0.352. The molecule has 0 aromatic rings. The van der Waals surface area contributed by atoms with Crippen LogP contribution >= 0.6 is 7.81 Å². The van der Waals surface area contributed by atoms with Crippen LogP contribution in [0.15, 0.2) is 0 Å². The third-order valence-electron chi connectivity index (χ3n) is 0. The third kappa shape index (κ3) is 15.1. The molecule has 0 saturated heterocycles. The van der Waals surface area contributed by atoms with Crippen molar-refractivity contribution in [1.29, 1.82) is 0 Å². The predicted octanol–water partition coefficient (Wildman–Crippen LogP) is 1.03. The molecule has 0 atom stereocenters. The van der Waals surface area contributed by atoms with Gasteiger partial charge in [-0.1, -0.05) is 0 Å². The summed E-state index contributed by atoms with van der Waals surface area (Å²) >= 11 is 0. The summed E-state index contributed by atoms with van der Waals surface area (Å²) in [4.78, 5) is 0. The van der Waals surface area contributed by atoms with Crippen LogP contribution < -0.4 is 0 Å². The van der Waals surface area contributed by atoms with E-state index < -0.39 is 10.2 Å². The van der Waals surface area contributed by atoms with E-state index in [1.807, 2.05) is 0 Å². The molecule has 1 nitrogen and oxygen atoms in total. The number of hydrogen-bond donors (Lipinski definition) is 1.